The molecule has 1 amide bonds. The molecule has 2 fully saturated rings. The van der Waals surface area contributed by atoms with Crippen molar-refractivity contribution >= 4 is 15.9 Å². The quantitative estimate of drug-likeness (QED) is 0.846. The number of carbonyl (C=O) groups excluding carboxylic acids is 1. The molecule has 0 radical (unpaired) electrons. The zero-order valence-corrected chi connectivity index (χ0v) is 12.6. The Hall–Kier alpha value is -0.620. The van der Waals surface area contributed by atoms with E-state index in [2.05, 4.69) is 12.2 Å². The van der Waals surface area contributed by atoms with Crippen LogP contribution in [-0.2, 0) is 14.8 Å². The molecule has 0 spiro atoms. The number of carbonyl (C=O) groups is 1. The SMILES string of the molecule is CC1CCCCC1NC(=O)C1CCCN1S(C)(=O)=O. The molecular weight excluding hydrogens is 264 g/mol. The Balaban J connectivity index is 1.99. The molecule has 0 aromatic heterocycles. The molecule has 0 aromatic rings. The monoisotopic (exact) mass is 288 g/mol. The number of hydrogen-bond donors (Lipinski definition) is 1. The lowest BCUT2D eigenvalue weighted by molar-refractivity contribution is -0.125. The second-order valence-electron chi connectivity index (χ2n) is 5.91. The van der Waals surface area contributed by atoms with Gasteiger partial charge in [0.05, 0.1) is 6.26 Å². The van der Waals surface area contributed by atoms with E-state index in [1.54, 1.807) is 0 Å². The summed E-state index contributed by atoms with van der Waals surface area (Å²) in [6.45, 7) is 2.63. The van der Waals surface area contributed by atoms with E-state index in [0.29, 0.717) is 18.9 Å². The zero-order valence-electron chi connectivity index (χ0n) is 11.8. The second-order valence-corrected chi connectivity index (χ2v) is 7.84. The Morgan fingerprint density at radius 1 is 1.16 bits per heavy atom. The van der Waals surface area contributed by atoms with Crippen LogP contribution in [0, 0.1) is 5.92 Å². The highest BCUT2D eigenvalue weighted by molar-refractivity contribution is 7.88. The van der Waals surface area contributed by atoms with Gasteiger partial charge in [-0.05, 0) is 31.6 Å². The van der Waals surface area contributed by atoms with Gasteiger partial charge >= 0.3 is 0 Å². The van der Waals surface area contributed by atoms with Crippen molar-refractivity contribution < 1.29 is 13.2 Å². The first-order valence-electron chi connectivity index (χ1n) is 7.17. The molecule has 19 heavy (non-hydrogen) atoms. The largest absolute Gasteiger partial charge is 0.352 e. The van der Waals surface area contributed by atoms with Crippen LogP contribution in [0.15, 0.2) is 0 Å². The number of rotatable bonds is 3. The standard InChI is InChI=1S/C13H24N2O3S/c1-10-6-3-4-7-11(10)14-13(16)12-8-5-9-15(12)19(2,17)18/h10-12H,3-9H2,1-2H3,(H,14,16). The maximum Gasteiger partial charge on any atom is 0.238 e. The van der Waals surface area contributed by atoms with Gasteiger partial charge < -0.3 is 5.32 Å². The van der Waals surface area contributed by atoms with Gasteiger partial charge in [0, 0.05) is 12.6 Å². The van der Waals surface area contributed by atoms with E-state index in [0.717, 1.165) is 25.7 Å². The number of nitrogens with zero attached hydrogens (tertiary/aromatic N) is 1. The third kappa shape index (κ3) is 3.48. The van der Waals surface area contributed by atoms with Gasteiger partial charge in [0.25, 0.3) is 0 Å². The maximum atomic E-state index is 12.3. The molecule has 2 rings (SSSR count). The van der Waals surface area contributed by atoms with Gasteiger partial charge in [-0.1, -0.05) is 19.8 Å². The lowest BCUT2D eigenvalue weighted by atomic mass is 9.86. The Morgan fingerprint density at radius 2 is 1.84 bits per heavy atom. The molecule has 1 aliphatic carbocycles. The Bertz CT molecular complexity index is 435. The molecule has 1 heterocycles. The van der Waals surface area contributed by atoms with Crippen LogP contribution in [0.5, 0.6) is 0 Å². The fraction of sp³-hybridized carbons (Fsp3) is 0.923. The average Bonchev–Trinajstić information content (AvgIpc) is 2.81. The van der Waals surface area contributed by atoms with E-state index in [9.17, 15) is 13.2 Å². The smallest absolute Gasteiger partial charge is 0.238 e. The van der Waals surface area contributed by atoms with Crippen LogP contribution in [0.2, 0.25) is 0 Å². The molecule has 1 saturated carbocycles. The van der Waals surface area contributed by atoms with Crippen LogP contribution in [0.3, 0.4) is 0 Å². The minimum absolute atomic E-state index is 0.110. The summed E-state index contributed by atoms with van der Waals surface area (Å²) in [6, 6.07) is -0.285. The Labute approximate surface area is 115 Å². The second kappa shape index (κ2) is 5.79. The number of sulfonamides is 1. The summed E-state index contributed by atoms with van der Waals surface area (Å²) in [5.74, 6) is 0.382. The van der Waals surface area contributed by atoms with E-state index in [4.69, 9.17) is 0 Å². The highest BCUT2D eigenvalue weighted by Crippen LogP contribution is 2.25. The molecule has 0 bridgehead atoms. The fourth-order valence-electron chi connectivity index (χ4n) is 3.21. The van der Waals surface area contributed by atoms with E-state index >= 15 is 0 Å². The van der Waals surface area contributed by atoms with Crippen molar-refractivity contribution in [2.45, 2.75) is 57.5 Å². The van der Waals surface area contributed by atoms with Crippen molar-refractivity contribution in [2.75, 3.05) is 12.8 Å². The average molecular weight is 288 g/mol. The normalized spacial score (nSPS) is 33.3. The van der Waals surface area contributed by atoms with Gasteiger partial charge in [-0.3, -0.25) is 4.79 Å². The van der Waals surface area contributed by atoms with E-state index in [1.807, 2.05) is 0 Å². The third-order valence-electron chi connectivity index (χ3n) is 4.37. The number of nitrogens with one attached hydrogen (secondary N) is 1. The highest BCUT2D eigenvalue weighted by atomic mass is 32.2. The molecule has 2 aliphatic rings. The lowest BCUT2D eigenvalue weighted by Crippen LogP contribution is -2.50. The predicted molar refractivity (Wildman–Crippen MR) is 74.1 cm³/mol. The van der Waals surface area contributed by atoms with Crippen LogP contribution >= 0.6 is 0 Å². The van der Waals surface area contributed by atoms with Crippen molar-refractivity contribution in [3.05, 3.63) is 0 Å². The van der Waals surface area contributed by atoms with Gasteiger partial charge in [0.15, 0.2) is 0 Å². The molecule has 5 nitrogen and oxygen atoms in total. The summed E-state index contributed by atoms with van der Waals surface area (Å²) in [6.07, 6.45) is 7.12. The summed E-state index contributed by atoms with van der Waals surface area (Å²) >= 11 is 0. The highest BCUT2D eigenvalue weighted by Gasteiger charge is 2.37. The van der Waals surface area contributed by atoms with E-state index < -0.39 is 16.1 Å². The topological polar surface area (TPSA) is 66.5 Å². The maximum absolute atomic E-state index is 12.3. The summed E-state index contributed by atoms with van der Waals surface area (Å²) in [5.41, 5.74) is 0. The van der Waals surface area contributed by atoms with Gasteiger partial charge in [0.2, 0.25) is 15.9 Å². The van der Waals surface area contributed by atoms with Gasteiger partial charge in [-0.25, -0.2) is 8.42 Å². The van der Waals surface area contributed by atoms with Crippen molar-refractivity contribution in [1.29, 1.82) is 0 Å². The van der Waals surface area contributed by atoms with Crippen LogP contribution in [-0.4, -0.2) is 43.5 Å². The first kappa shape index (κ1) is 14.8. The molecule has 1 aliphatic heterocycles. The fourth-order valence-corrected chi connectivity index (χ4v) is 4.33. The van der Waals surface area contributed by atoms with Crippen molar-refractivity contribution in [2.24, 2.45) is 5.92 Å². The first-order chi connectivity index (χ1) is 8.89. The molecule has 1 N–H and O–H groups in total. The van der Waals surface area contributed by atoms with Crippen LogP contribution in [0.25, 0.3) is 0 Å². The molecular formula is C13H24N2O3S. The molecule has 3 unspecified atom stereocenters. The van der Waals surface area contributed by atoms with Crippen molar-refractivity contribution in [3.63, 3.8) is 0 Å². The van der Waals surface area contributed by atoms with Crippen molar-refractivity contribution in [1.82, 2.24) is 9.62 Å². The lowest BCUT2D eigenvalue weighted by Gasteiger charge is -2.31. The van der Waals surface area contributed by atoms with Gasteiger partial charge in [0.1, 0.15) is 6.04 Å². The minimum Gasteiger partial charge on any atom is -0.352 e. The summed E-state index contributed by atoms with van der Waals surface area (Å²) in [7, 11) is -3.28. The minimum atomic E-state index is -3.28. The Morgan fingerprint density at radius 3 is 2.47 bits per heavy atom. The summed E-state index contributed by atoms with van der Waals surface area (Å²) < 4.78 is 24.6. The predicted octanol–water partition coefficient (Wildman–Crippen LogP) is 1.11. The molecule has 3 atom stereocenters. The summed E-state index contributed by atoms with van der Waals surface area (Å²) in [5, 5.41) is 3.07. The molecule has 110 valence electrons. The number of amides is 1. The van der Waals surface area contributed by atoms with Gasteiger partial charge in [-0.15, -0.1) is 0 Å². The van der Waals surface area contributed by atoms with E-state index in [1.165, 1.54) is 17.0 Å². The zero-order chi connectivity index (χ0) is 14.0. The van der Waals surface area contributed by atoms with Crippen molar-refractivity contribution in [3.8, 4) is 0 Å². The third-order valence-corrected chi connectivity index (χ3v) is 5.66. The van der Waals surface area contributed by atoms with Gasteiger partial charge in [-0.2, -0.15) is 4.31 Å². The Kier molecular flexibility index (Phi) is 4.50. The summed E-state index contributed by atoms with van der Waals surface area (Å²) in [4.78, 5) is 12.3. The number of hydrogen-bond acceptors (Lipinski definition) is 3. The first-order valence-corrected chi connectivity index (χ1v) is 9.01. The van der Waals surface area contributed by atoms with Crippen LogP contribution in [0.4, 0.5) is 0 Å². The molecule has 1 saturated heterocycles. The van der Waals surface area contributed by atoms with Crippen LogP contribution in [0.1, 0.15) is 45.4 Å². The molecule has 0 aromatic carbocycles. The van der Waals surface area contributed by atoms with E-state index in [-0.39, 0.29) is 11.9 Å². The van der Waals surface area contributed by atoms with Crippen LogP contribution < -0.4 is 5.32 Å². The molecule has 6 heteroatoms.